The number of carbonyl (C=O) groups is 1. The molecule has 1 amide bonds. The number of rotatable bonds is 3. The van der Waals surface area contributed by atoms with Gasteiger partial charge in [0.15, 0.2) is 0 Å². The zero-order valence-electron chi connectivity index (χ0n) is 11.9. The molecule has 0 bridgehead atoms. The molecule has 1 heterocycles. The summed E-state index contributed by atoms with van der Waals surface area (Å²) in [5, 5.41) is 4.16. The molecule has 0 spiro atoms. The third-order valence-electron chi connectivity index (χ3n) is 4.55. The fourth-order valence-electron chi connectivity index (χ4n) is 3.33. The van der Waals surface area contributed by atoms with E-state index in [-0.39, 0.29) is 11.9 Å². The summed E-state index contributed by atoms with van der Waals surface area (Å²) in [5.41, 5.74) is 1.08. The SMILES string of the molecule is CSC1CCC(N2CNC(c3ccccc3)C2=O)CC1. The molecule has 1 aromatic rings. The van der Waals surface area contributed by atoms with Gasteiger partial charge in [0.2, 0.25) is 5.91 Å². The van der Waals surface area contributed by atoms with Crippen molar-refractivity contribution in [2.45, 2.75) is 43.0 Å². The Labute approximate surface area is 125 Å². The van der Waals surface area contributed by atoms with Crippen molar-refractivity contribution in [3.05, 3.63) is 35.9 Å². The van der Waals surface area contributed by atoms with Gasteiger partial charge < -0.3 is 4.90 Å². The fraction of sp³-hybridized carbons (Fsp3) is 0.562. The molecule has 1 aliphatic heterocycles. The van der Waals surface area contributed by atoms with E-state index in [0.717, 1.165) is 23.7 Å². The third kappa shape index (κ3) is 2.72. The lowest BCUT2D eigenvalue weighted by molar-refractivity contribution is -0.131. The maximum Gasteiger partial charge on any atom is 0.245 e. The molecular weight excluding hydrogens is 268 g/mol. The molecule has 1 aliphatic carbocycles. The van der Waals surface area contributed by atoms with Crippen LogP contribution in [0.1, 0.15) is 37.3 Å². The Morgan fingerprint density at radius 3 is 2.50 bits per heavy atom. The van der Waals surface area contributed by atoms with E-state index in [2.05, 4.69) is 16.5 Å². The lowest BCUT2D eigenvalue weighted by Crippen LogP contribution is -2.40. The molecule has 0 radical (unpaired) electrons. The smallest absolute Gasteiger partial charge is 0.245 e. The van der Waals surface area contributed by atoms with Crippen LogP contribution in [-0.4, -0.2) is 35.0 Å². The van der Waals surface area contributed by atoms with Gasteiger partial charge in [0.1, 0.15) is 6.04 Å². The van der Waals surface area contributed by atoms with Gasteiger partial charge in [-0.15, -0.1) is 0 Å². The Morgan fingerprint density at radius 1 is 1.15 bits per heavy atom. The molecule has 2 aliphatic rings. The van der Waals surface area contributed by atoms with E-state index >= 15 is 0 Å². The lowest BCUT2D eigenvalue weighted by atomic mass is 9.93. The summed E-state index contributed by atoms with van der Waals surface area (Å²) in [6.45, 7) is 0.701. The van der Waals surface area contributed by atoms with Crippen LogP contribution in [-0.2, 0) is 4.79 Å². The van der Waals surface area contributed by atoms with Crippen LogP contribution in [0.25, 0.3) is 0 Å². The summed E-state index contributed by atoms with van der Waals surface area (Å²) in [4.78, 5) is 14.7. The maximum absolute atomic E-state index is 12.6. The van der Waals surface area contributed by atoms with Crippen molar-refractivity contribution in [3.63, 3.8) is 0 Å². The molecule has 3 nitrogen and oxygen atoms in total. The van der Waals surface area contributed by atoms with Crippen molar-refractivity contribution in [1.29, 1.82) is 0 Å². The molecule has 0 aromatic heterocycles. The standard InChI is InChI=1S/C16H22N2OS/c1-20-14-9-7-13(8-10-14)18-11-17-15(16(18)19)12-5-3-2-4-6-12/h2-6,13-15,17H,7-11H2,1H3. The van der Waals surface area contributed by atoms with Gasteiger partial charge in [-0.2, -0.15) is 11.8 Å². The molecule has 20 heavy (non-hydrogen) atoms. The second kappa shape index (κ2) is 6.19. The molecule has 1 atom stereocenters. The zero-order valence-corrected chi connectivity index (χ0v) is 12.7. The average Bonchev–Trinajstić information content (AvgIpc) is 2.90. The first-order chi connectivity index (χ1) is 9.79. The minimum Gasteiger partial charge on any atom is -0.325 e. The van der Waals surface area contributed by atoms with Gasteiger partial charge in [-0.05, 0) is 37.5 Å². The number of amides is 1. The van der Waals surface area contributed by atoms with Crippen molar-refractivity contribution >= 4 is 17.7 Å². The topological polar surface area (TPSA) is 32.3 Å². The fourth-order valence-corrected chi connectivity index (χ4v) is 4.07. The van der Waals surface area contributed by atoms with E-state index in [1.807, 2.05) is 42.1 Å². The van der Waals surface area contributed by atoms with Crippen molar-refractivity contribution in [3.8, 4) is 0 Å². The Hall–Kier alpha value is -1.00. The first-order valence-corrected chi connectivity index (χ1v) is 8.70. The second-order valence-corrected chi connectivity index (χ2v) is 6.82. The first kappa shape index (κ1) is 14.0. The van der Waals surface area contributed by atoms with Gasteiger partial charge in [0.05, 0.1) is 6.67 Å². The van der Waals surface area contributed by atoms with Crippen LogP contribution in [0.5, 0.6) is 0 Å². The van der Waals surface area contributed by atoms with Gasteiger partial charge in [-0.1, -0.05) is 30.3 Å². The largest absolute Gasteiger partial charge is 0.325 e. The van der Waals surface area contributed by atoms with E-state index in [4.69, 9.17) is 0 Å². The van der Waals surface area contributed by atoms with E-state index in [1.165, 1.54) is 12.8 Å². The maximum atomic E-state index is 12.6. The second-order valence-electron chi connectivity index (χ2n) is 5.68. The normalized spacial score (nSPS) is 30.8. The van der Waals surface area contributed by atoms with Crippen LogP contribution < -0.4 is 5.32 Å². The molecule has 1 saturated heterocycles. The number of hydrogen-bond acceptors (Lipinski definition) is 3. The molecular formula is C16H22N2OS. The Bertz CT molecular complexity index is 457. The third-order valence-corrected chi connectivity index (χ3v) is 5.68. The van der Waals surface area contributed by atoms with Crippen LogP contribution in [0.15, 0.2) is 30.3 Å². The van der Waals surface area contributed by atoms with Crippen LogP contribution in [0, 0.1) is 0 Å². The van der Waals surface area contributed by atoms with Gasteiger partial charge in [-0.25, -0.2) is 0 Å². The summed E-state index contributed by atoms with van der Waals surface area (Å²) in [5.74, 6) is 0.254. The first-order valence-electron chi connectivity index (χ1n) is 7.41. The molecule has 1 saturated carbocycles. The summed E-state index contributed by atoms with van der Waals surface area (Å²) in [6.07, 6.45) is 6.98. The average molecular weight is 290 g/mol. The van der Waals surface area contributed by atoms with Crippen molar-refractivity contribution in [2.75, 3.05) is 12.9 Å². The molecule has 1 unspecified atom stereocenters. The Morgan fingerprint density at radius 2 is 1.85 bits per heavy atom. The summed E-state index contributed by atoms with van der Waals surface area (Å²) in [6, 6.07) is 10.3. The predicted octanol–water partition coefficient (Wildman–Crippen LogP) is 2.79. The minimum absolute atomic E-state index is 0.144. The van der Waals surface area contributed by atoms with Crippen molar-refractivity contribution < 1.29 is 4.79 Å². The van der Waals surface area contributed by atoms with Gasteiger partial charge >= 0.3 is 0 Å². The number of nitrogens with one attached hydrogen (secondary N) is 1. The monoisotopic (exact) mass is 290 g/mol. The molecule has 2 fully saturated rings. The molecule has 4 heteroatoms. The minimum atomic E-state index is -0.144. The van der Waals surface area contributed by atoms with E-state index in [1.54, 1.807) is 0 Å². The van der Waals surface area contributed by atoms with E-state index < -0.39 is 0 Å². The highest BCUT2D eigenvalue weighted by atomic mass is 32.2. The van der Waals surface area contributed by atoms with Gasteiger partial charge in [-0.3, -0.25) is 10.1 Å². The highest BCUT2D eigenvalue weighted by Crippen LogP contribution is 2.32. The number of carbonyl (C=O) groups excluding carboxylic acids is 1. The van der Waals surface area contributed by atoms with Crippen LogP contribution in [0.3, 0.4) is 0 Å². The summed E-state index contributed by atoms with van der Waals surface area (Å²) >= 11 is 1.97. The highest BCUT2D eigenvalue weighted by molar-refractivity contribution is 7.99. The molecule has 1 N–H and O–H groups in total. The van der Waals surface area contributed by atoms with Gasteiger partial charge in [0, 0.05) is 11.3 Å². The summed E-state index contributed by atoms with van der Waals surface area (Å²) < 4.78 is 0. The Balaban J connectivity index is 1.65. The predicted molar refractivity (Wildman–Crippen MR) is 83.6 cm³/mol. The molecule has 3 rings (SSSR count). The van der Waals surface area contributed by atoms with Crippen molar-refractivity contribution in [1.82, 2.24) is 10.2 Å². The quantitative estimate of drug-likeness (QED) is 0.929. The number of benzene rings is 1. The number of thioether (sulfide) groups is 1. The zero-order chi connectivity index (χ0) is 13.9. The summed E-state index contributed by atoms with van der Waals surface area (Å²) in [7, 11) is 0. The van der Waals surface area contributed by atoms with Gasteiger partial charge in [0.25, 0.3) is 0 Å². The number of nitrogens with zero attached hydrogens (tertiary/aromatic N) is 1. The van der Waals surface area contributed by atoms with Crippen LogP contribution >= 0.6 is 11.8 Å². The van der Waals surface area contributed by atoms with Crippen LogP contribution in [0.2, 0.25) is 0 Å². The lowest BCUT2D eigenvalue weighted by Gasteiger charge is -2.33. The van der Waals surface area contributed by atoms with Crippen molar-refractivity contribution in [2.24, 2.45) is 0 Å². The van der Waals surface area contributed by atoms with Crippen LogP contribution in [0.4, 0.5) is 0 Å². The van der Waals surface area contributed by atoms with E-state index in [9.17, 15) is 4.79 Å². The molecule has 108 valence electrons. The van der Waals surface area contributed by atoms with E-state index in [0.29, 0.717) is 12.7 Å². The Kier molecular flexibility index (Phi) is 4.32. The molecule has 1 aromatic carbocycles. The number of hydrogen-bond donors (Lipinski definition) is 1. The highest BCUT2D eigenvalue weighted by Gasteiger charge is 2.37.